The number of benzene rings is 1. The first kappa shape index (κ1) is 15.3. The lowest BCUT2D eigenvalue weighted by atomic mass is 10.1. The van der Waals surface area contributed by atoms with Gasteiger partial charge in [-0.25, -0.2) is 0 Å². The molecule has 2 aromatic rings. The molecule has 0 radical (unpaired) electrons. The lowest BCUT2D eigenvalue weighted by Gasteiger charge is -2.21. The van der Waals surface area contributed by atoms with E-state index in [1.54, 1.807) is 18.3 Å². The summed E-state index contributed by atoms with van der Waals surface area (Å²) >= 11 is 0. The van der Waals surface area contributed by atoms with Crippen molar-refractivity contribution in [2.45, 2.75) is 19.9 Å². The summed E-state index contributed by atoms with van der Waals surface area (Å²) in [5.41, 5.74) is 2.19. The minimum absolute atomic E-state index is 0.0813. The van der Waals surface area contributed by atoms with Gasteiger partial charge in [-0.2, -0.15) is 0 Å². The summed E-state index contributed by atoms with van der Waals surface area (Å²) in [6.07, 6.45) is 2.02. The lowest BCUT2D eigenvalue weighted by molar-refractivity contribution is -0.132. The van der Waals surface area contributed by atoms with E-state index in [9.17, 15) is 4.79 Å². The number of amides is 1. The molecule has 112 valence electrons. The first-order valence-corrected chi connectivity index (χ1v) is 7.04. The van der Waals surface area contributed by atoms with Crippen LogP contribution in [0.1, 0.15) is 16.9 Å². The fourth-order valence-corrected chi connectivity index (χ4v) is 2.17. The summed E-state index contributed by atoms with van der Waals surface area (Å²) < 4.78 is 10.4. The maximum Gasteiger partial charge on any atom is 0.227 e. The van der Waals surface area contributed by atoms with Gasteiger partial charge in [-0.3, -0.25) is 4.79 Å². The summed E-state index contributed by atoms with van der Waals surface area (Å²) in [4.78, 5) is 14.3. The van der Waals surface area contributed by atoms with Crippen LogP contribution >= 0.6 is 0 Å². The van der Waals surface area contributed by atoms with Crippen LogP contribution < -0.4 is 0 Å². The molecule has 0 aliphatic rings. The van der Waals surface area contributed by atoms with Crippen LogP contribution in [-0.2, 0) is 22.5 Å². The Morgan fingerprint density at radius 2 is 2.05 bits per heavy atom. The van der Waals surface area contributed by atoms with Crippen molar-refractivity contribution in [1.29, 1.82) is 0 Å². The predicted molar refractivity (Wildman–Crippen MR) is 80.9 cm³/mol. The van der Waals surface area contributed by atoms with Gasteiger partial charge in [0.25, 0.3) is 0 Å². The average molecular weight is 287 g/mol. The van der Waals surface area contributed by atoms with Gasteiger partial charge < -0.3 is 14.1 Å². The second-order valence-corrected chi connectivity index (χ2v) is 4.99. The molecule has 2 rings (SSSR count). The SMILES string of the molecule is COCCN(Cc1ccco1)C(=O)Cc1ccccc1C. The third kappa shape index (κ3) is 4.46. The highest BCUT2D eigenvalue weighted by Crippen LogP contribution is 2.12. The smallest absolute Gasteiger partial charge is 0.227 e. The number of carbonyl (C=O) groups excluding carboxylic acids is 1. The van der Waals surface area contributed by atoms with E-state index in [0.717, 1.165) is 16.9 Å². The van der Waals surface area contributed by atoms with E-state index in [4.69, 9.17) is 9.15 Å². The number of hydrogen-bond donors (Lipinski definition) is 0. The Morgan fingerprint density at radius 1 is 1.24 bits per heavy atom. The van der Waals surface area contributed by atoms with Gasteiger partial charge >= 0.3 is 0 Å². The Morgan fingerprint density at radius 3 is 2.71 bits per heavy atom. The molecule has 0 N–H and O–H groups in total. The Labute approximate surface area is 125 Å². The Bertz CT molecular complexity index is 563. The highest BCUT2D eigenvalue weighted by atomic mass is 16.5. The normalized spacial score (nSPS) is 10.6. The number of rotatable bonds is 7. The zero-order valence-corrected chi connectivity index (χ0v) is 12.5. The first-order valence-electron chi connectivity index (χ1n) is 7.04. The number of carbonyl (C=O) groups is 1. The monoisotopic (exact) mass is 287 g/mol. The largest absolute Gasteiger partial charge is 0.467 e. The minimum Gasteiger partial charge on any atom is -0.467 e. The quantitative estimate of drug-likeness (QED) is 0.786. The first-order chi connectivity index (χ1) is 10.2. The number of furan rings is 1. The van der Waals surface area contributed by atoms with Crippen LogP contribution in [0.25, 0.3) is 0 Å². The molecular weight excluding hydrogens is 266 g/mol. The second-order valence-electron chi connectivity index (χ2n) is 4.99. The maximum atomic E-state index is 12.5. The van der Waals surface area contributed by atoms with Crippen molar-refractivity contribution >= 4 is 5.91 Å². The third-order valence-corrected chi connectivity index (χ3v) is 3.45. The Balaban J connectivity index is 2.05. The summed E-state index contributed by atoms with van der Waals surface area (Å²) in [5, 5.41) is 0. The minimum atomic E-state index is 0.0813. The van der Waals surface area contributed by atoms with E-state index >= 15 is 0 Å². The molecule has 0 aliphatic heterocycles. The van der Waals surface area contributed by atoms with Crippen molar-refractivity contribution < 1.29 is 13.9 Å². The standard InChI is InChI=1S/C17H21NO3/c1-14-6-3-4-7-15(14)12-17(19)18(9-11-20-2)13-16-8-5-10-21-16/h3-8,10H,9,11-13H2,1-2H3. The Hall–Kier alpha value is -2.07. The molecule has 0 fully saturated rings. The lowest BCUT2D eigenvalue weighted by Crippen LogP contribution is -2.34. The van der Waals surface area contributed by atoms with Crippen LogP contribution in [0.2, 0.25) is 0 Å². The number of nitrogens with zero attached hydrogens (tertiary/aromatic N) is 1. The van der Waals surface area contributed by atoms with Gasteiger partial charge in [0.2, 0.25) is 5.91 Å². The molecule has 4 heteroatoms. The maximum absolute atomic E-state index is 12.5. The van der Waals surface area contributed by atoms with E-state index in [0.29, 0.717) is 26.1 Å². The molecule has 4 nitrogen and oxygen atoms in total. The van der Waals surface area contributed by atoms with E-state index in [1.165, 1.54) is 0 Å². The van der Waals surface area contributed by atoms with Crippen molar-refractivity contribution in [1.82, 2.24) is 4.90 Å². The summed E-state index contributed by atoms with van der Waals surface area (Å²) in [7, 11) is 1.64. The fourth-order valence-electron chi connectivity index (χ4n) is 2.17. The van der Waals surface area contributed by atoms with Crippen molar-refractivity contribution in [2.75, 3.05) is 20.3 Å². The van der Waals surface area contributed by atoms with Crippen LogP contribution in [0.15, 0.2) is 47.1 Å². The molecule has 0 bridgehead atoms. The van der Waals surface area contributed by atoms with Crippen LogP contribution in [0.5, 0.6) is 0 Å². The van der Waals surface area contributed by atoms with Gasteiger partial charge in [-0.05, 0) is 30.2 Å². The molecule has 0 saturated carbocycles. The predicted octanol–water partition coefficient (Wildman–Crippen LogP) is 2.81. The average Bonchev–Trinajstić information content (AvgIpc) is 2.98. The number of ether oxygens (including phenoxy) is 1. The molecule has 1 heterocycles. The molecule has 1 aromatic heterocycles. The van der Waals surface area contributed by atoms with Gasteiger partial charge in [0, 0.05) is 13.7 Å². The van der Waals surface area contributed by atoms with Crippen molar-refractivity contribution in [3.8, 4) is 0 Å². The summed E-state index contributed by atoms with van der Waals surface area (Å²) in [6.45, 7) is 3.57. The molecule has 1 aromatic carbocycles. The second kappa shape index (κ2) is 7.64. The molecule has 0 saturated heterocycles. The van der Waals surface area contributed by atoms with Gasteiger partial charge in [-0.15, -0.1) is 0 Å². The van der Waals surface area contributed by atoms with Crippen molar-refractivity contribution in [3.63, 3.8) is 0 Å². The Kier molecular flexibility index (Phi) is 5.58. The molecule has 1 amide bonds. The van der Waals surface area contributed by atoms with E-state index in [2.05, 4.69) is 0 Å². The van der Waals surface area contributed by atoms with Crippen LogP contribution in [0.4, 0.5) is 0 Å². The van der Waals surface area contributed by atoms with Crippen LogP contribution in [0, 0.1) is 6.92 Å². The molecule has 0 unspecified atom stereocenters. The topological polar surface area (TPSA) is 42.7 Å². The summed E-state index contributed by atoms with van der Waals surface area (Å²) in [6, 6.07) is 11.7. The molecule has 0 atom stereocenters. The van der Waals surface area contributed by atoms with Gasteiger partial charge in [-0.1, -0.05) is 24.3 Å². The fraction of sp³-hybridized carbons (Fsp3) is 0.353. The molecular formula is C17H21NO3. The highest BCUT2D eigenvalue weighted by Gasteiger charge is 2.16. The van der Waals surface area contributed by atoms with Crippen molar-refractivity contribution in [3.05, 3.63) is 59.5 Å². The highest BCUT2D eigenvalue weighted by molar-refractivity contribution is 5.79. The van der Waals surface area contributed by atoms with E-state index in [-0.39, 0.29) is 5.91 Å². The number of aryl methyl sites for hydroxylation is 1. The molecule has 0 aliphatic carbocycles. The summed E-state index contributed by atoms with van der Waals surface area (Å²) in [5.74, 6) is 0.863. The van der Waals surface area contributed by atoms with E-state index < -0.39 is 0 Å². The van der Waals surface area contributed by atoms with Crippen LogP contribution in [-0.4, -0.2) is 31.1 Å². The molecule has 0 spiro atoms. The van der Waals surface area contributed by atoms with Crippen molar-refractivity contribution in [2.24, 2.45) is 0 Å². The third-order valence-electron chi connectivity index (χ3n) is 3.45. The number of hydrogen-bond acceptors (Lipinski definition) is 3. The van der Waals surface area contributed by atoms with Gasteiger partial charge in [0.1, 0.15) is 5.76 Å². The number of methoxy groups -OCH3 is 1. The molecule has 21 heavy (non-hydrogen) atoms. The zero-order chi connectivity index (χ0) is 15.1. The van der Waals surface area contributed by atoms with E-state index in [1.807, 2.05) is 43.3 Å². The van der Waals surface area contributed by atoms with Gasteiger partial charge in [0.05, 0.1) is 25.8 Å². The zero-order valence-electron chi connectivity index (χ0n) is 12.5. The van der Waals surface area contributed by atoms with Crippen LogP contribution in [0.3, 0.4) is 0 Å². The van der Waals surface area contributed by atoms with Gasteiger partial charge in [0.15, 0.2) is 0 Å².